The van der Waals surface area contributed by atoms with Crippen molar-refractivity contribution in [2.24, 2.45) is 0 Å². The lowest BCUT2D eigenvalue weighted by Crippen LogP contribution is -2.40. The summed E-state index contributed by atoms with van der Waals surface area (Å²) in [5.74, 6) is 0.771. The zero-order valence-corrected chi connectivity index (χ0v) is 12.6. The number of amides is 2. The largest absolute Gasteiger partial charge is 0.359 e. The fourth-order valence-electron chi connectivity index (χ4n) is 2.73. The predicted octanol–water partition coefficient (Wildman–Crippen LogP) is 1.51. The third-order valence-corrected chi connectivity index (χ3v) is 3.80. The number of rotatable bonds is 5. The summed E-state index contributed by atoms with van der Waals surface area (Å²) in [6.07, 6.45) is 5.89. The van der Waals surface area contributed by atoms with E-state index in [9.17, 15) is 4.79 Å². The lowest BCUT2D eigenvalue weighted by atomic mass is 10.1. The van der Waals surface area contributed by atoms with Gasteiger partial charge in [-0.25, -0.2) is 9.78 Å². The van der Waals surface area contributed by atoms with Crippen LogP contribution in [0.25, 0.3) is 0 Å². The molecule has 8 nitrogen and oxygen atoms in total. The second kappa shape index (κ2) is 6.59. The molecule has 0 saturated carbocycles. The van der Waals surface area contributed by atoms with Gasteiger partial charge in [0.2, 0.25) is 0 Å². The van der Waals surface area contributed by atoms with E-state index in [0.29, 0.717) is 6.54 Å². The molecule has 2 aromatic heterocycles. The smallest absolute Gasteiger partial charge is 0.318 e. The highest BCUT2D eigenvalue weighted by Crippen LogP contribution is 2.32. The number of likely N-dealkylation sites (tertiary alicyclic amines) is 1. The van der Waals surface area contributed by atoms with E-state index in [1.165, 1.54) is 6.33 Å². The standard InChI is InChI=1S/C14H20N6O2/c1-11-8-13(22-18-11)12-4-2-7-20(12)14(21)16-5-3-6-19-10-15-9-17-19/h8-10,12H,2-7H2,1H3,(H,16,21)/t12-/m1/s1. The van der Waals surface area contributed by atoms with Crippen LogP contribution in [0.2, 0.25) is 0 Å². The number of urea groups is 1. The number of carbonyl (C=O) groups excluding carboxylic acids is 1. The van der Waals surface area contributed by atoms with E-state index in [1.54, 1.807) is 11.0 Å². The number of aromatic nitrogens is 4. The van der Waals surface area contributed by atoms with Gasteiger partial charge in [-0.1, -0.05) is 5.16 Å². The number of carbonyl (C=O) groups is 1. The molecular formula is C14H20N6O2. The average Bonchev–Trinajstić information content (AvgIpc) is 3.23. The van der Waals surface area contributed by atoms with Crippen LogP contribution < -0.4 is 5.32 Å². The Bertz CT molecular complexity index is 609. The quantitative estimate of drug-likeness (QED) is 0.846. The molecule has 8 heteroatoms. The average molecular weight is 304 g/mol. The van der Waals surface area contributed by atoms with Gasteiger partial charge in [-0.15, -0.1) is 0 Å². The van der Waals surface area contributed by atoms with Crippen LogP contribution in [0.4, 0.5) is 4.79 Å². The first kappa shape index (κ1) is 14.6. The number of nitrogens with one attached hydrogen (secondary N) is 1. The van der Waals surface area contributed by atoms with E-state index in [-0.39, 0.29) is 12.1 Å². The molecule has 22 heavy (non-hydrogen) atoms. The normalized spacial score (nSPS) is 17.9. The van der Waals surface area contributed by atoms with Crippen molar-refractivity contribution in [3.63, 3.8) is 0 Å². The molecule has 0 radical (unpaired) electrons. The van der Waals surface area contributed by atoms with Crippen LogP contribution in [0.5, 0.6) is 0 Å². The van der Waals surface area contributed by atoms with Crippen molar-refractivity contribution in [2.75, 3.05) is 13.1 Å². The maximum Gasteiger partial charge on any atom is 0.318 e. The zero-order valence-electron chi connectivity index (χ0n) is 12.6. The van der Waals surface area contributed by atoms with Crippen molar-refractivity contribution in [1.29, 1.82) is 0 Å². The van der Waals surface area contributed by atoms with Gasteiger partial charge in [-0.3, -0.25) is 4.68 Å². The molecule has 0 aliphatic carbocycles. The molecule has 3 heterocycles. The van der Waals surface area contributed by atoms with Gasteiger partial charge in [0.05, 0.1) is 11.7 Å². The summed E-state index contributed by atoms with van der Waals surface area (Å²) in [5.41, 5.74) is 0.843. The fourth-order valence-corrected chi connectivity index (χ4v) is 2.73. The highest BCUT2D eigenvalue weighted by atomic mass is 16.5. The molecule has 0 bridgehead atoms. The molecule has 2 amide bonds. The molecule has 0 aromatic carbocycles. The Morgan fingerprint density at radius 2 is 2.45 bits per heavy atom. The predicted molar refractivity (Wildman–Crippen MR) is 78.0 cm³/mol. The second-order valence-corrected chi connectivity index (χ2v) is 5.47. The molecule has 1 saturated heterocycles. The fraction of sp³-hybridized carbons (Fsp3) is 0.571. The lowest BCUT2D eigenvalue weighted by Gasteiger charge is -2.23. The van der Waals surface area contributed by atoms with Crippen molar-refractivity contribution in [3.05, 3.63) is 30.2 Å². The number of hydrogen-bond donors (Lipinski definition) is 1. The molecule has 0 unspecified atom stereocenters. The first-order chi connectivity index (χ1) is 10.7. The van der Waals surface area contributed by atoms with Gasteiger partial charge < -0.3 is 14.7 Å². The van der Waals surface area contributed by atoms with Gasteiger partial charge in [0, 0.05) is 25.7 Å². The summed E-state index contributed by atoms with van der Waals surface area (Å²) < 4.78 is 7.07. The van der Waals surface area contributed by atoms with Gasteiger partial charge in [0.25, 0.3) is 0 Å². The minimum Gasteiger partial charge on any atom is -0.359 e. The lowest BCUT2D eigenvalue weighted by molar-refractivity contribution is 0.182. The van der Waals surface area contributed by atoms with Crippen LogP contribution in [0, 0.1) is 6.92 Å². The van der Waals surface area contributed by atoms with E-state index in [1.807, 2.05) is 17.9 Å². The van der Waals surface area contributed by atoms with Crippen molar-refractivity contribution in [2.45, 2.75) is 38.8 Å². The van der Waals surface area contributed by atoms with Gasteiger partial charge in [-0.2, -0.15) is 5.10 Å². The number of nitrogens with zero attached hydrogens (tertiary/aromatic N) is 5. The molecule has 118 valence electrons. The van der Waals surface area contributed by atoms with E-state index in [2.05, 4.69) is 20.6 Å². The summed E-state index contributed by atoms with van der Waals surface area (Å²) in [6, 6.07) is 1.85. The van der Waals surface area contributed by atoms with E-state index in [0.717, 1.165) is 43.8 Å². The SMILES string of the molecule is Cc1cc([C@H]2CCCN2C(=O)NCCCn2cncn2)on1. The maximum atomic E-state index is 12.3. The third-order valence-electron chi connectivity index (χ3n) is 3.80. The van der Waals surface area contributed by atoms with Crippen LogP contribution in [-0.4, -0.2) is 43.9 Å². The first-order valence-corrected chi connectivity index (χ1v) is 7.54. The molecule has 1 fully saturated rings. The summed E-state index contributed by atoms with van der Waals surface area (Å²) in [5, 5.41) is 10.9. The first-order valence-electron chi connectivity index (χ1n) is 7.54. The van der Waals surface area contributed by atoms with Crippen LogP contribution in [0.3, 0.4) is 0 Å². The topological polar surface area (TPSA) is 89.1 Å². The molecule has 3 rings (SSSR count). The van der Waals surface area contributed by atoms with Crippen molar-refractivity contribution >= 4 is 6.03 Å². The van der Waals surface area contributed by atoms with Crippen molar-refractivity contribution in [1.82, 2.24) is 30.1 Å². The Balaban J connectivity index is 1.48. The van der Waals surface area contributed by atoms with Gasteiger partial charge in [0.15, 0.2) is 5.76 Å². The Hall–Kier alpha value is -2.38. The maximum absolute atomic E-state index is 12.3. The Kier molecular flexibility index (Phi) is 4.36. The molecule has 1 aliphatic rings. The molecule has 1 aliphatic heterocycles. The van der Waals surface area contributed by atoms with E-state index < -0.39 is 0 Å². The van der Waals surface area contributed by atoms with Crippen molar-refractivity contribution in [3.8, 4) is 0 Å². The van der Waals surface area contributed by atoms with Gasteiger partial charge >= 0.3 is 6.03 Å². The van der Waals surface area contributed by atoms with Gasteiger partial charge in [0.1, 0.15) is 12.7 Å². The number of hydrogen-bond acceptors (Lipinski definition) is 5. The molecule has 0 spiro atoms. The van der Waals surface area contributed by atoms with Crippen LogP contribution in [-0.2, 0) is 6.54 Å². The monoisotopic (exact) mass is 304 g/mol. The highest BCUT2D eigenvalue weighted by Gasteiger charge is 2.32. The van der Waals surface area contributed by atoms with Crippen LogP contribution in [0.1, 0.15) is 36.8 Å². The zero-order chi connectivity index (χ0) is 15.4. The van der Waals surface area contributed by atoms with E-state index in [4.69, 9.17) is 4.52 Å². The minimum absolute atomic E-state index is 0.00323. The van der Waals surface area contributed by atoms with E-state index >= 15 is 0 Å². The van der Waals surface area contributed by atoms with Gasteiger partial charge in [-0.05, 0) is 26.2 Å². The molecule has 2 aromatic rings. The second-order valence-electron chi connectivity index (χ2n) is 5.47. The Morgan fingerprint density at radius 1 is 1.55 bits per heavy atom. The summed E-state index contributed by atoms with van der Waals surface area (Å²) in [7, 11) is 0. The summed E-state index contributed by atoms with van der Waals surface area (Å²) in [4.78, 5) is 18.0. The molecule has 1 N–H and O–H groups in total. The molecular weight excluding hydrogens is 284 g/mol. The van der Waals surface area contributed by atoms with Crippen molar-refractivity contribution < 1.29 is 9.32 Å². The third kappa shape index (κ3) is 3.26. The van der Waals surface area contributed by atoms with Crippen LogP contribution >= 0.6 is 0 Å². The summed E-state index contributed by atoms with van der Waals surface area (Å²) >= 11 is 0. The van der Waals surface area contributed by atoms with Crippen LogP contribution in [0.15, 0.2) is 23.2 Å². The Morgan fingerprint density at radius 3 is 3.18 bits per heavy atom. The minimum atomic E-state index is -0.0462. The number of aryl methyl sites for hydroxylation is 2. The molecule has 1 atom stereocenters. The Labute approximate surface area is 128 Å². The highest BCUT2D eigenvalue weighted by molar-refractivity contribution is 5.74. The summed E-state index contributed by atoms with van der Waals surface area (Å²) in [6.45, 7) is 3.98.